The van der Waals surface area contributed by atoms with E-state index < -0.39 is 0 Å². The summed E-state index contributed by atoms with van der Waals surface area (Å²) in [6.45, 7) is 5.10. The van der Waals surface area contributed by atoms with E-state index in [4.69, 9.17) is 16.3 Å². The SMILES string of the molecule is O=C(CSCC(=O)N1CCOCC1)NCC(c1cccc(Cl)c1)N1CCCC1. The van der Waals surface area contributed by atoms with Gasteiger partial charge < -0.3 is 15.0 Å². The van der Waals surface area contributed by atoms with Crippen LogP contribution < -0.4 is 5.32 Å². The summed E-state index contributed by atoms with van der Waals surface area (Å²) < 4.78 is 5.26. The highest BCUT2D eigenvalue weighted by Gasteiger charge is 2.24. The lowest BCUT2D eigenvalue weighted by Crippen LogP contribution is -2.42. The van der Waals surface area contributed by atoms with E-state index in [9.17, 15) is 9.59 Å². The Morgan fingerprint density at radius 2 is 1.89 bits per heavy atom. The summed E-state index contributed by atoms with van der Waals surface area (Å²) in [6, 6.07) is 8.00. The minimum Gasteiger partial charge on any atom is -0.378 e. The van der Waals surface area contributed by atoms with Gasteiger partial charge in [0.2, 0.25) is 11.8 Å². The third kappa shape index (κ3) is 6.37. The summed E-state index contributed by atoms with van der Waals surface area (Å²) in [6.07, 6.45) is 2.37. The molecule has 2 heterocycles. The van der Waals surface area contributed by atoms with E-state index in [0.29, 0.717) is 49.4 Å². The molecule has 1 N–H and O–H groups in total. The molecule has 0 aromatic heterocycles. The van der Waals surface area contributed by atoms with E-state index in [2.05, 4.69) is 16.3 Å². The Morgan fingerprint density at radius 1 is 1.14 bits per heavy atom. The maximum Gasteiger partial charge on any atom is 0.232 e. The van der Waals surface area contributed by atoms with E-state index >= 15 is 0 Å². The van der Waals surface area contributed by atoms with Crippen molar-refractivity contribution in [2.75, 3.05) is 57.4 Å². The Hall–Kier alpha value is -1.28. The molecule has 2 fully saturated rings. The van der Waals surface area contributed by atoms with Crippen LogP contribution in [-0.4, -0.2) is 79.1 Å². The number of carbonyl (C=O) groups excluding carboxylic acids is 2. The molecule has 0 bridgehead atoms. The number of morpholine rings is 1. The monoisotopic (exact) mass is 425 g/mol. The van der Waals surface area contributed by atoms with Crippen LogP contribution in [0.15, 0.2) is 24.3 Å². The molecule has 2 amide bonds. The quantitative estimate of drug-likeness (QED) is 0.691. The Balaban J connectivity index is 1.44. The van der Waals surface area contributed by atoms with Gasteiger partial charge in [-0.05, 0) is 43.6 Å². The van der Waals surface area contributed by atoms with Crippen LogP contribution in [0, 0.1) is 0 Å². The molecule has 2 saturated heterocycles. The average Bonchev–Trinajstić information content (AvgIpc) is 3.23. The maximum absolute atomic E-state index is 12.3. The molecule has 6 nitrogen and oxygen atoms in total. The first-order valence-corrected chi connectivity index (χ1v) is 11.4. The van der Waals surface area contributed by atoms with E-state index in [1.807, 2.05) is 18.2 Å². The van der Waals surface area contributed by atoms with Crippen molar-refractivity contribution < 1.29 is 14.3 Å². The maximum atomic E-state index is 12.3. The zero-order chi connectivity index (χ0) is 19.8. The molecule has 1 atom stereocenters. The summed E-state index contributed by atoms with van der Waals surface area (Å²) in [5.41, 5.74) is 1.13. The number of hydrogen-bond donors (Lipinski definition) is 1. The molecule has 154 valence electrons. The molecule has 1 aromatic carbocycles. The summed E-state index contributed by atoms with van der Waals surface area (Å²) in [5, 5.41) is 3.75. The minimum absolute atomic E-state index is 0.0361. The van der Waals surface area contributed by atoms with Crippen LogP contribution in [0.4, 0.5) is 0 Å². The lowest BCUT2D eigenvalue weighted by Gasteiger charge is -2.28. The molecule has 28 heavy (non-hydrogen) atoms. The zero-order valence-corrected chi connectivity index (χ0v) is 17.6. The number of thioether (sulfide) groups is 1. The van der Waals surface area contributed by atoms with Crippen molar-refractivity contribution in [2.45, 2.75) is 18.9 Å². The molecule has 1 aromatic rings. The van der Waals surface area contributed by atoms with Crippen molar-refractivity contribution >= 4 is 35.2 Å². The second-order valence-electron chi connectivity index (χ2n) is 7.10. The first kappa shape index (κ1) is 21.4. The fourth-order valence-corrected chi connectivity index (χ4v) is 4.57. The fraction of sp³-hybridized carbons (Fsp3) is 0.600. The highest BCUT2D eigenvalue weighted by molar-refractivity contribution is 8.00. The smallest absolute Gasteiger partial charge is 0.232 e. The van der Waals surface area contributed by atoms with E-state index in [0.717, 1.165) is 18.7 Å². The van der Waals surface area contributed by atoms with Gasteiger partial charge in [-0.25, -0.2) is 0 Å². The van der Waals surface area contributed by atoms with Gasteiger partial charge in [0.25, 0.3) is 0 Å². The largest absolute Gasteiger partial charge is 0.378 e. The zero-order valence-electron chi connectivity index (χ0n) is 16.1. The van der Waals surface area contributed by atoms with E-state index in [1.165, 1.54) is 24.6 Å². The number of halogens is 1. The van der Waals surface area contributed by atoms with Gasteiger partial charge in [0.1, 0.15) is 0 Å². The standard InChI is InChI=1S/C20H28ClN3O3S/c21-17-5-3-4-16(12-17)18(23-6-1-2-7-23)13-22-19(25)14-28-15-20(26)24-8-10-27-11-9-24/h3-5,12,18H,1-2,6-11,13-15H2,(H,22,25). The van der Waals surface area contributed by atoms with Crippen LogP contribution >= 0.6 is 23.4 Å². The second-order valence-corrected chi connectivity index (χ2v) is 8.53. The van der Waals surface area contributed by atoms with Crippen molar-refractivity contribution in [3.8, 4) is 0 Å². The van der Waals surface area contributed by atoms with Gasteiger partial charge in [-0.2, -0.15) is 0 Å². The number of nitrogens with one attached hydrogen (secondary N) is 1. The van der Waals surface area contributed by atoms with E-state index in [1.54, 1.807) is 4.90 Å². The van der Waals surface area contributed by atoms with Gasteiger partial charge in [0, 0.05) is 24.7 Å². The normalized spacial score (nSPS) is 18.8. The number of benzene rings is 1. The third-order valence-electron chi connectivity index (χ3n) is 5.13. The highest BCUT2D eigenvalue weighted by Crippen LogP contribution is 2.26. The molecule has 3 rings (SSSR count). The van der Waals surface area contributed by atoms with Gasteiger partial charge in [-0.3, -0.25) is 14.5 Å². The molecule has 0 radical (unpaired) electrons. The molecule has 1 unspecified atom stereocenters. The van der Waals surface area contributed by atoms with Crippen molar-refractivity contribution in [1.82, 2.24) is 15.1 Å². The number of hydrogen-bond acceptors (Lipinski definition) is 5. The van der Waals surface area contributed by atoms with Crippen LogP contribution in [0.5, 0.6) is 0 Å². The van der Waals surface area contributed by atoms with Gasteiger partial charge in [0.05, 0.1) is 30.8 Å². The molecule has 0 saturated carbocycles. The lowest BCUT2D eigenvalue weighted by atomic mass is 10.1. The molecular weight excluding hydrogens is 398 g/mol. The summed E-state index contributed by atoms with van der Waals surface area (Å²) in [7, 11) is 0. The Kier molecular flexibility index (Phi) is 8.45. The summed E-state index contributed by atoms with van der Waals surface area (Å²) >= 11 is 7.53. The number of rotatable bonds is 8. The minimum atomic E-state index is -0.0361. The number of nitrogens with zero attached hydrogens (tertiary/aromatic N) is 2. The van der Waals surface area contributed by atoms with Gasteiger partial charge >= 0.3 is 0 Å². The molecule has 2 aliphatic rings. The number of carbonyl (C=O) groups is 2. The second kappa shape index (κ2) is 11.0. The van der Waals surface area contributed by atoms with Crippen LogP contribution in [0.1, 0.15) is 24.4 Å². The topological polar surface area (TPSA) is 61.9 Å². The Bertz CT molecular complexity index is 664. The molecule has 0 spiro atoms. The lowest BCUT2D eigenvalue weighted by molar-refractivity contribution is -0.132. The van der Waals surface area contributed by atoms with Crippen molar-refractivity contribution in [1.29, 1.82) is 0 Å². The number of ether oxygens (including phenoxy) is 1. The predicted molar refractivity (Wildman–Crippen MR) is 113 cm³/mol. The van der Waals surface area contributed by atoms with Gasteiger partial charge in [0.15, 0.2) is 0 Å². The van der Waals surface area contributed by atoms with Crippen LogP contribution in [-0.2, 0) is 14.3 Å². The van der Waals surface area contributed by atoms with Crippen molar-refractivity contribution in [2.24, 2.45) is 0 Å². The summed E-state index contributed by atoms with van der Waals surface area (Å²) in [4.78, 5) is 28.6. The van der Waals surface area contributed by atoms with Crippen LogP contribution in [0.2, 0.25) is 5.02 Å². The molecular formula is C20H28ClN3O3S. The Labute approximate surface area is 175 Å². The van der Waals surface area contributed by atoms with E-state index in [-0.39, 0.29) is 17.9 Å². The number of likely N-dealkylation sites (tertiary alicyclic amines) is 1. The van der Waals surface area contributed by atoms with Crippen molar-refractivity contribution in [3.05, 3.63) is 34.9 Å². The summed E-state index contributed by atoms with van der Waals surface area (Å²) in [5.74, 6) is 0.663. The molecule has 0 aliphatic carbocycles. The average molecular weight is 426 g/mol. The Morgan fingerprint density at radius 3 is 2.61 bits per heavy atom. The fourth-order valence-electron chi connectivity index (χ4n) is 3.62. The highest BCUT2D eigenvalue weighted by atomic mass is 35.5. The van der Waals surface area contributed by atoms with Crippen molar-refractivity contribution in [3.63, 3.8) is 0 Å². The molecule has 8 heteroatoms. The van der Waals surface area contributed by atoms with Crippen LogP contribution in [0.25, 0.3) is 0 Å². The van der Waals surface area contributed by atoms with Gasteiger partial charge in [-0.1, -0.05) is 23.7 Å². The van der Waals surface area contributed by atoms with Gasteiger partial charge in [-0.15, -0.1) is 11.8 Å². The van der Waals surface area contributed by atoms with Crippen LogP contribution in [0.3, 0.4) is 0 Å². The number of amides is 2. The molecule has 2 aliphatic heterocycles. The first-order chi connectivity index (χ1) is 13.6. The predicted octanol–water partition coefficient (Wildman–Crippen LogP) is 2.19. The first-order valence-electron chi connectivity index (χ1n) is 9.83. The third-order valence-corrected chi connectivity index (χ3v) is 6.28.